The molecule has 4 rings (SSSR count). The van der Waals surface area contributed by atoms with Gasteiger partial charge in [0.25, 0.3) is 5.79 Å². The normalized spacial score (nSPS) is 29.6. The van der Waals surface area contributed by atoms with Gasteiger partial charge in [-0.3, -0.25) is 4.79 Å². The first kappa shape index (κ1) is 11.5. The van der Waals surface area contributed by atoms with Crippen molar-refractivity contribution in [2.75, 3.05) is 0 Å². The third kappa shape index (κ3) is 1.01. The van der Waals surface area contributed by atoms with Crippen LogP contribution in [0.2, 0.25) is 0 Å². The minimum Gasteiger partial charge on any atom is -0.508 e. The van der Waals surface area contributed by atoms with Crippen molar-refractivity contribution in [3.63, 3.8) is 0 Å². The minimum atomic E-state index is -2.23. The summed E-state index contributed by atoms with van der Waals surface area (Å²) < 4.78 is 5.45. The Morgan fingerprint density at radius 3 is 2.55 bits per heavy atom. The Balaban J connectivity index is 2.07. The molecule has 1 heterocycles. The summed E-state index contributed by atoms with van der Waals surface area (Å²) >= 11 is 0. The molecule has 2 aliphatic rings. The van der Waals surface area contributed by atoms with Gasteiger partial charge in [0.1, 0.15) is 11.5 Å². The van der Waals surface area contributed by atoms with Gasteiger partial charge in [-0.1, -0.05) is 24.3 Å². The molecule has 0 saturated carbocycles. The van der Waals surface area contributed by atoms with E-state index in [0.29, 0.717) is 0 Å². The molecule has 0 aromatic heterocycles. The molecule has 3 N–H and O–H groups in total. The molecule has 2 aromatic carbocycles. The van der Waals surface area contributed by atoms with Crippen LogP contribution in [0.5, 0.6) is 11.5 Å². The van der Waals surface area contributed by atoms with Gasteiger partial charge in [0.15, 0.2) is 0 Å². The number of aliphatic hydroxyl groups is 2. The number of hydrogen-bond acceptors (Lipinski definition) is 5. The van der Waals surface area contributed by atoms with Crippen molar-refractivity contribution in [2.24, 2.45) is 0 Å². The van der Waals surface area contributed by atoms with E-state index in [1.165, 1.54) is 30.3 Å². The van der Waals surface area contributed by atoms with Crippen LogP contribution in [0.3, 0.4) is 0 Å². The van der Waals surface area contributed by atoms with Crippen LogP contribution >= 0.6 is 0 Å². The lowest BCUT2D eigenvalue weighted by atomic mass is 9.87. The second-order valence-electron chi connectivity index (χ2n) is 5.01. The molecule has 5 nitrogen and oxygen atoms in total. The van der Waals surface area contributed by atoms with E-state index in [1.54, 1.807) is 12.1 Å². The number of phenolic OH excluding ortho intramolecular Hbond substituents is 1. The SMILES string of the molecule is O=C1c2ccccc2[C@@]2(O)Oc3ccc(O)cc3[C@@]12O. The summed E-state index contributed by atoms with van der Waals surface area (Å²) in [7, 11) is 0. The zero-order chi connectivity index (χ0) is 14.1. The number of ether oxygens (including phenoxy) is 1. The molecule has 0 spiro atoms. The van der Waals surface area contributed by atoms with Crippen molar-refractivity contribution in [3.05, 3.63) is 59.2 Å². The van der Waals surface area contributed by atoms with E-state index in [9.17, 15) is 20.1 Å². The molecule has 0 fully saturated rings. The highest BCUT2D eigenvalue weighted by atomic mass is 16.7. The molecule has 1 aliphatic carbocycles. The van der Waals surface area contributed by atoms with Gasteiger partial charge in [0.2, 0.25) is 11.4 Å². The van der Waals surface area contributed by atoms with Gasteiger partial charge in [-0.15, -0.1) is 0 Å². The van der Waals surface area contributed by atoms with Crippen molar-refractivity contribution in [1.82, 2.24) is 0 Å². The quantitative estimate of drug-likeness (QED) is 0.665. The van der Waals surface area contributed by atoms with E-state index in [2.05, 4.69) is 0 Å². The number of phenols is 1. The van der Waals surface area contributed by atoms with E-state index >= 15 is 0 Å². The van der Waals surface area contributed by atoms with Crippen molar-refractivity contribution in [1.29, 1.82) is 0 Å². The molecular formula is C15H10O5. The number of carbonyl (C=O) groups is 1. The van der Waals surface area contributed by atoms with E-state index in [1.807, 2.05) is 0 Å². The summed E-state index contributed by atoms with van der Waals surface area (Å²) in [5.74, 6) is -2.74. The monoisotopic (exact) mass is 270 g/mol. The van der Waals surface area contributed by atoms with Crippen LogP contribution in [0.25, 0.3) is 0 Å². The fraction of sp³-hybridized carbons (Fsp3) is 0.133. The van der Waals surface area contributed by atoms with Crippen LogP contribution < -0.4 is 4.74 Å². The lowest BCUT2D eigenvalue weighted by molar-refractivity contribution is -0.224. The smallest absolute Gasteiger partial charge is 0.276 e. The first-order chi connectivity index (χ1) is 9.48. The summed E-state index contributed by atoms with van der Waals surface area (Å²) in [4.78, 5) is 12.5. The van der Waals surface area contributed by atoms with Crippen LogP contribution in [-0.4, -0.2) is 21.1 Å². The molecule has 0 bridgehead atoms. The van der Waals surface area contributed by atoms with Gasteiger partial charge < -0.3 is 20.1 Å². The number of ketones is 1. The molecule has 0 amide bonds. The summed E-state index contributed by atoms with van der Waals surface area (Å²) in [5.41, 5.74) is -1.72. The molecular weight excluding hydrogens is 260 g/mol. The maximum Gasteiger partial charge on any atom is 0.276 e. The van der Waals surface area contributed by atoms with Gasteiger partial charge in [0.05, 0.1) is 0 Å². The Morgan fingerprint density at radius 2 is 1.75 bits per heavy atom. The molecule has 0 unspecified atom stereocenters. The number of aromatic hydroxyl groups is 1. The Morgan fingerprint density at radius 1 is 1.00 bits per heavy atom. The first-order valence-electron chi connectivity index (χ1n) is 6.10. The summed E-state index contributed by atoms with van der Waals surface area (Å²) in [6.45, 7) is 0. The molecule has 5 heteroatoms. The number of rotatable bonds is 0. The largest absolute Gasteiger partial charge is 0.508 e. The molecule has 1 aliphatic heterocycles. The Kier molecular flexibility index (Phi) is 1.83. The van der Waals surface area contributed by atoms with Gasteiger partial charge in [-0.2, -0.15) is 0 Å². The number of benzene rings is 2. The van der Waals surface area contributed by atoms with E-state index in [0.717, 1.165) is 0 Å². The molecule has 20 heavy (non-hydrogen) atoms. The molecule has 0 radical (unpaired) electrons. The maximum absolute atomic E-state index is 12.5. The van der Waals surface area contributed by atoms with Gasteiger partial charge in [-0.05, 0) is 18.2 Å². The number of Topliss-reactive ketones (excluding diaryl/α,β-unsaturated/α-hetero) is 1. The Hall–Kier alpha value is -2.37. The summed E-state index contributed by atoms with van der Waals surface area (Å²) in [5, 5.41) is 31.1. The highest BCUT2D eigenvalue weighted by Gasteiger charge is 2.70. The summed E-state index contributed by atoms with van der Waals surface area (Å²) in [6, 6.07) is 10.4. The fourth-order valence-electron chi connectivity index (χ4n) is 3.00. The molecule has 2 atom stereocenters. The predicted molar refractivity (Wildman–Crippen MR) is 67.3 cm³/mol. The van der Waals surface area contributed by atoms with Crippen LogP contribution in [0.1, 0.15) is 21.5 Å². The van der Waals surface area contributed by atoms with E-state index < -0.39 is 17.2 Å². The Bertz CT molecular complexity index is 769. The van der Waals surface area contributed by atoms with Gasteiger partial charge >= 0.3 is 0 Å². The first-order valence-corrected chi connectivity index (χ1v) is 6.10. The van der Waals surface area contributed by atoms with Crippen molar-refractivity contribution < 1.29 is 24.9 Å². The average Bonchev–Trinajstić information content (AvgIpc) is 2.77. The fourth-order valence-corrected chi connectivity index (χ4v) is 3.00. The second-order valence-corrected chi connectivity index (χ2v) is 5.01. The predicted octanol–water partition coefficient (Wildman–Crippen LogP) is 1.01. The highest BCUT2D eigenvalue weighted by Crippen LogP contribution is 2.58. The zero-order valence-electron chi connectivity index (χ0n) is 10.2. The van der Waals surface area contributed by atoms with Crippen LogP contribution in [0.4, 0.5) is 0 Å². The molecule has 0 saturated heterocycles. The van der Waals surface area contributed by atoms with Gasteiger partial charge in [0, 0.05) is 16.7 Å². The van der Waals surface area contributed by atoms with Gasteiger partial charge in [-0.25, -0.2) is 0 Å². The number of carbonyl (C=O) groups excluding carboxylic acids is 1. The van der Waals surface area contributed by atoms with Crippen LogP contribution in [0.15, 0.2) is 42.5 Å². The number of hydrogen-bond donors (Lipinski definition) is 3. The lowest BCUT2D eigenvalue weighted by Gasteiger charge is -2.28. The lowest BCUT2D eigenvalue weighted by Crippen LogP contribution is -2.48. The second kappa shape index (κ2) is 3.20. The number of fused-ring (bicyclic) bond motifs is 5. The summed E-state index contributed by atoms with van der Waals surface area (Å²) in [6.07, 6.45) is 0. The third-order valence-electron chi connectivity index (χ3n) is 3.97. The maximum atomic E-state index is 12.5. The van der Waals surface area contributed by atoms with Crippen molar-refractivity contribution >= 4 is 5.78 Å². The van der Waals surface area contributed by atoms with Crippen LogP contribution in [0, 0.1) is 0 Å². The standard InChI is InChI=1S/C15H10O5/c16-8-5-6-12-11(7-8)14(18)13(17)9-3-1-2-4-10(9)15(14,19)20-12/h1-7,16,18-19H/t14-,15-/m1/s1. The molecule has 2 aromatic rings. The van der Waals surface area contributed by atoms with E-state index in [-0.39, 0.29) is 28.2 Å². The topological polar surface area (TPSA) is 87.0 Å². The van der Waals surface area contributed by atoms with Crippen molar-refractivity contribution in [3.8, 4) is 11.5 Å². The minimum absolute atomic E-state index is 0.0706. The zero-order valence-corrected chi connectivity index (χ0v) is 10.2. The Labute approximate surface area is 113 Å². The molecule has 100 valence electrons. The van der Waals surface area contributed by atoms with Crippen LogP contribution in [-0.2, 0) is 11.4 Å². The average molecular weight is 270 g/mol. The highest BCUT2D eigenvalue weighted by molar-refractivity contribution is 6.09. The van der Waals surface area contributed by atoms with Crippen molar-refractivity contribution in [2.45, 2.75) is 11.4 Å². The third-order valence-corrected chi connectivity index (χ3v) is 3.97. The van der Waals surface area contributed by atoms with E-state index in [4.69, 9.17) is 4.74 Å².